The number of carbonyl (C=O) groups is 1. The number of carbonyl (C=O) groups excluding carboxylic acids is 1. The van der Waals surface area contributed by atoms with Crippen LogP contribution in [0.15, 0.2) is 53.4 Å². The summed E-state index contributed by atoms with van der Waals surface area (Å²) in [7, 11) is 1.99. The van der Waals surface area contributed by atoms with Crippen molar-refractivity contribution in [2.75, 3.05) is 44.9 Å². The van der Waals surface area contributed by atoms with Gasteiger partial charge < -0.3 is 19.7 Å². The molecule has 0 spiro atoms. The number of nitrogens with one attached hydrogen (secondary N) is 2. The van der Waals surface area contributed by atoms with Gasteiger partial charge in [0.05, 0.1) is 19.3 Å². The van der Waals surface area contributed by atoms with Crippen LogP contribution in [0.2, 0.25) is 0 Å². The highest BCUT2D eigenvalue weighted by Gasteiger charge is 2.12. The Bertz CT molecular complexity index is 692. The molecule has 6 heteroatoms. The fourth-order valence-corrected chi connectivity index (χ4v) is 3.00. The van der Waals surface area contributed by atoms with Gasteiger partial charge in [-0.05, 0) is 49.6 Å². The molecule has 2 rings (SSSR count). The molecule has 0 bridgehead atoms. The number of rotatable bonds is 10. The molecule has 0 aliphatic carbocycles. The van der Waals surface area contributed by atoms with Gasteiger partial charge in [-0.15, -0.1) is 11.8 Å². The van der Waals surface area contributed by atoms with E-state index in [9.17, 15) is 4.79 Å². The van der Waals surface area contributed by atoms with Crippen molar-refractivity contribution in [2.24, 2.45) is 0 Å². The maximum Gasteiger partial charge on any atom is 0.279 e. The average molecular weight is 376 g/mol. The molecule has 0 radical (unpaired) electrons. The first-order valence-corrected chi connectivity index (χ1v) is 9.94. The zero-order chi connectivity index (χ0) is 18.8. The highest BCUT2D eigenvalue weighted by Crippen LogP contribution is 2.24. The van der Waals surface area contributed by atoms with Crippen molar-refractivity contribution in [3.05, 3.63) is 48.5 Å². The number of benzene rings is 2. The lowest BCUT2D eigenvalue weighted by atomic mass is 10.3. The van der Waals surface area contributed by atoms with Crippen LogP contribution in [-0.2, 0) is 4.79 Å². The number of thioether (sulfide) groups is 1. The van der Waals surface area contributed by atoms with E-state index in [1.54, 1.807) is 11.8 Å². The quantitative estimate of drug-likeness (QED) is 0.626. The van der Waals surface area contributed by atoms with Gasteiger partial charge in [0.2, 0.25) is 0 Å². The van der Waals surface area contributed by atoms with Crippen LogP contribution in [0.5, 0.6) is 11.5 Å². The molecule has 0 saturated carbocycles. The Balaban J connectivity index is 1.72. The van der Waals surface area contributed by atoms with E-state index in [0.717, 1.165) is 33.5 Å². The predicted molar refractivity (Wildman–Crippen MR) is 107 cm³/mol. The van der Waals surface area contributed by atoms with Crippen LogP contribution in [0, 0.1) is 0 Å². The largest absolute Gasteiger partial charge is 0.494 e. The smallest absolute Gasteiger partial charge is 0.279 e. The van der Waals surface area contributed by atoms with E-state index in [2.05, 4.69) is 5.32 Å². The molecule has 0 fully saturated rings. The van der Waals surface area contributed by atoms with Crippen LogP contribution < -0.4 is 19.7 Å². The van der Waals surface area contributed by atoms with E-state index in [0.29, 0.717) is 19.8 Å². The third-order valence-corrected chi connectivity index (χ3v) is 4.57. The molecule has 0 heterocycles. The lowest BCUT2D eigenvalue weighted by Gasteiger charge is -2.15. The van der Waals surface area contributed by atoms with Crippen molar-refractivity contribution in [2.45, 2.75) is 11.8 Å². The Kier molecular flexibility index (Phi) is 8.31. The molecule has 5 nitrogen and oxygen atoms in total. The lowest BCUT2D eigenvalue weighted by Crippen LogP contribution is -3.10. The molecule has 0 aliphatic rings. The van der Waals surface area contributed by atoms with E-state index in [1.165, 1.54) is 0 Å². The topological polar surface area (TPSA) is 52.0 Å². The second kappa shape index (κ2) is 10.7. The van der Waals surface area contributed by atoms with Crippen LogP contribution in [0.25, 0.3) is 0 Å². The number of amides is 1. The first-order chi connectivity index (χ1) is 12.6. The minimum absolute atomic E-state index is 0.00469. The number of likely N-dealkylation sites (N-methyl/N-ethyl adjacent to an activating group) is 1. The minimum atomic E-state index is 0.00469. The molecule has 2 aromatic carbocycles. The summed E-state index contributed by atoms with van der Waals surface area (Å²) in [5.74, 6) is 1.65. The normalized spacial score (nSPS) is 11.7. The van der Waals surface area contributed by atoms with Gasteiger partial charge in [-0.3, -0.25) is 4.79 Å². The maximum atomic E-state index is 12.2. The molecule has 0 saturated heterocycles. The molecule has 2 N–H and O–H groups in total. The van der Waals surface area contributed by atoms with Crippen molar-refractivity contribution < 1.29 is 19.2 Å². The van der Waals surface area contributed by atoms with Gasteiger partial charge >= 0.3 is 0 Å². The Morgan fingerprint density at radius 1 is 1.08 bits per heavy atom. The van der Waals surface area contributed by atoms with Gasteiger partial charge in [0.1, 0.15) is 24.7 Å². The molecule has 140 valence electrons. The summed E-state index contributed by atoms with van der Waals surface area (Å²) in [4.78, 5) is 14.4. The zero-order valence-electron chi connectivity index (χ0n) is 15.6. The van der Waals surface area contributed by atoms with Crippen molar-refractivity contribution >= 4 is 23.4 Å². The van der Waals surface area contributed by atoms with Crippen LogP contribution in [-0.4, -0.2) is 45.5 Å². The molecule has 26 heavy (non-hydrogen) atoms. The zero-order valence-corrected chi connectivity index (χ0v) is 16.4. The van der Waals surface area contributed by atoms with Crippen molar-refractivity contribution in [3.63, 3.8) is 0 Å². The highest BCUT2D eigenvalue weighted by molar-refractivity contribution is 7.98. The van der Waals surface area contributed by atoms with Crippen LogP contribution in [0.4, 0.5) is 5.69 Å². The Morgan fingerprint density at radius 3 is 2.38 bits per heavy atom. The van der Waals surface area contributed by atoms with Crippen LogP contribution in [0.3, 0.4) is 0 Å². The summed E-state index contributed by atoms with van der Waals surface area (Å²) in [5, 5.41) is 2.98. The molecule has 1 unspecified atom stereocenters. The van der Waals surface area contributed by atoms with Gasteiger partial charge in [0, 0.05) is 4.90 Å². The number of ether oxygens (including phenoxy) is 2. The van der Waals surface area contributed by atoms with E-state index in [-0.39, 0.29) is 5.91 Å². The Morgan fingerprint density at radius 2 is 1.73 bits per heavy atom. The van der Waals surface area contributed by atoms with E-state index >= 15 is 0 Å². The first kappa shape index (κ1) is 20.1. The molecule has 2 aromatic rings. The van der Waals surface area contributed by atoms with Crippen LogP contribution >= 0.6 is 11.8 Å². The lowest BCUT2D eigenvalue weighted by molar-refractivity contribution is -0.871. The third kappa shape index (κ3) is 6.61. The number of hydrogen-bond acceptors (Lipinski definition) is 4. The molecule has 1 atom stereocenters. The fraction of sp³-hybridized carbons (Fsp3) is 0.350. The predicted octanol–water partition coefficient (Wildman–Crippen LogP) is 2.34. The molecular formula is C20H27N2O3S+. The fourth-order valence-electron chi connectivity index (χ4n) is 2.45. The van der Waals surface area contributed by atoms with Gasteiger partial charge in [-0.2, -0.15) is 0 Å². The average Bonchev–Trinajstić information content (AvgIpc) is 2.63. The summed E-state index contributed by atoms with van der Waals surface area (Å²) < 4.78 is 11.1. The number of para-hydroxylation sites is 1. The highest BCUT2D eigenvalue weighted by atomic mass is 32.2. The second-order valence-corrected chi connectivity index (χ2v) is 6.73. The van der Waals surface area contributed by atoms with Crippen molar-refractivity contribution in [1.82, 2.24) is 0 Å². The summed E-state index contributed by atoms with van der Waals surface area (Å²) in [5.41, 5.74) is 0.864. The molecular weight excluding hydrogens is 348 g/mol. The molecule has 0 aliphatic heterocycles. The van der Waals surface area contributed by atoms with Gasteiger partial charge in [0.15, 0.2) is 6.54 Å². The van der Waals surface area contributed by atoms with E-state index < -0.39 is 0 Å². The van der Waals surface area contributed by atoms with Crippen LogP contribution in [0.1, 0.15) is 6.92 Å². The van der Waals surface area contributed by atoms with Crippen molar-refractivity contribution in [1.29, 1.82) is 0 Å². The van der Waals surface area contributed by atoms with E-state index in [4.69, 9.17) is 9.47 Å². The standard InChI is InChI=1S/C20H26N2O3S/c1-4-24-16-9-11-17(12-10-16)25-14-13-22(2)15-20(23)21-18-7-5-6-8-19(18)26-3/h5-12H,4,13-15H2,1-3H3,(H,21,23)/p+1. The summed E-state index contributed by atoms with van der Waals surface area (Å²) >= 11 is 1.62. The van der Waals surface area contributed by atoms with E-state index in [1.807, 2.05) is 68.8 Å². The first-order valence-electron chi connectivity index (χ1n) is 8.72. The number of quaternary nitrogens is 1. The summed E-state index contributed by atoms with van der Waals surface area (Å²) in [6, 6.07) is 15.4. The van der Waals surface area contributed by atoms with Crippen molar-refractivity contribution in [3.8, 4) is 11.5 Å². The third-order valence-electron chi connectivity index (χ3n) is 3.78. The monoisotopic (exact) mass is 375 g/mol. The minimum Gasteiger partial charge on any atom is -0.494 e. The Labute approximate surface area is 159 Å². The van der Waals surface area contributed by atoms with Gasteiger partial charge in [0.25, 0.3) is 5.91 Å². The second-order valence-electron chi connectivity index (χ2n) is 5.89. The Hall–Kier alpha value is -2.18. The SMILES string of the molecule is CCOc1ccc(OCC[NH+](C)CC(=O)Nc2ccccc2SC)cc1. The van der Waals surface area contributed by atoms with Gasteiger partial charge in [-0.1, -0.05) is 12.1 Å². The molecule has 0 aromatic heterocycles. The maximum absolute atomic E-state index is 12.2. The number of hydrogen-bond donors (Lipinski definition) is 2. The summed E-state index contributed by atoms with van der Waals surface area (Å²) in [6.07, 6.45) is 2.00. The molecule has 1 amide bonds. The summed E-state index contributed by atoms with van der Waals surface area (Å²) in [6.45, 7) is 4.30. The van der Waals surface area contributed by atoms with Gasteiger partial charge in [-0.25, -0.2) is 0 Å². The number of anilines is 1.